The van der Waals surface area contributed by atoms with Crippen molar-refractivity contribution in [3.05, 3.63) is 29.3 Å². The zero-order valence-electron chi connectivity index (χ0n) is 11.4. The van der Waals surface area contributed by atoms with Crippen LogP contribution >= 0.6 is 0 Å². The maximum atomic E-state index is 11.9. The standard InChI is InChI=1S/C13H20N4O2/c1-8(2)16-12(18)7-15-13(19)10-5-4-9(3)6-11(10)17-14/h4-6,8,17H,7,14H2,1-3H3,(H,15,19)(H,16,18). The number of nitrogens with two attached hydrogens (primary N) is 1. The molecule has 0 aliphatic carbocycles. The van der Waals surface area contributed by atoms with Gasteiger partial charge >= 0.3 is 0 Å². The minimum atomic E-state index is -0.341. The predicted molar refractivity (Wildman–Crippen MR) is 74.6 cm³/mol. The van der Waals surface area contributed by atoms with E-state index in [4.69, 9.17) is 5.84 Å². The van der Waals surface area contributed by atoms with Gasteiger partial charge in [-0.15, -0.1) is 0 Å². The summed E-state index contributed by atoms with van der Waals surface area (Å²) in [5.74, 6) is 4.80. The van der Waals surface area contributed by atoms with E-state index in [0.29, 0.717) is 11.3 Å². The molecule has 0 heterocycles. The van der Waals surface area contributed by atoms with Crippen LogP contribution in [-0.2, 0) is 4.79 Å². The van der Waals surface area contributed by atoms with Crippen LogP contribution in [0, 0.1) is 6.92 Å². The fraction of sp³-hybridized carbons (Fsp3) is 0.385. The molecule has 6 nitrogen and oxygen atoms in total. The van der Waals surface area contributed by atoms with Crippen molar-refractivity contribution in [2.75, 3.05) is 12.0 Å². The highest BCUT2D eigenvalue weighted by Crippen LogP contribution is 2.16. The smallest absolute Gasteiger partial charge is 0.253 e. The van der Waals surface area contributed by atoms with Crippen LogP contribution in [0.2, 0.25) is 0 Å². The van der Waals surface area contributed by atoms with Crippen molar-refractivity contribution in [2.45, 2.75) is 26.8 Å². The molecule has 6 heteroatoms. The van der Waals surface area contributed by atoms with E-state index in [1.807, 2.05) is 26.8 Å². The Morgan fingerprint density at radius 3 is 2.58 bits per heavy atom. The van der Waals surface area contributed by atoms with E-state index in [1.165, 1.54) is 0 Å². The number of amides is 2. The van der Waals surface area contributed by atoms with Crippen LogP contribution in [-0.4, -0.2) is 24.4 Å². The summed E-state index contributed by atoms with van der Waals surface area (Å²) >= 11 is 0. The lowest BCUT2D eigenvalue weighted by molar-refractivity contribution is -0.120. The van der Waals surface area contributed by atoms with Gasteiger partial charge in [0.2, 0.25) is 5.91 Å². The zero-order chi connectivity index (χ0) is 14.4. The molecule has 0 aliphatic rings. The van der Waals surface area contributed by atoms with Crippen LogP contribution in [0.25, 0.3) is 0 Å². The Balaban J connectivity index is 2.66. The van der Waals surface area contributed by atoms with Crippen LogP contribution in [0.3, 0.4) is 0 Å². The van der Waals surface area contributed by atoms with Gasteiger partial charge in [-0.3, -0.25) is 15.4 Å². The number of anilines is 1. The Kier molecular flexibility index (Phi) is 5.32. The van der Waals surface area contributed by atoms with E-state index < -0.39 is 0 Å². The first-order chi connectivity index (χ1) is 8.93. The minimum Gasteiger partial charge on any atom is -0.352 e. The molecule has 0 aliphatic heterocycles. The molecule has 0 unspecified atom stereocenters. The van der Waals surface area contributed by atoms with Crippen LogP contribution in [0.4, 0.5) is 5.69 Å². The quantitative estimate of drug-likeness (QED) is 0.461. The predicted octanol–water partition coefficient (Wildman–Crippen LogP) is 0.535. The number of hydrogen-bond acceptors (Lipinski definition) is 4. The van der Waals surface area contributed by atoms with E-state index >= 15 is 0 Å². The zero-order valence-corrected chi connectivity index (χ0v) is 11.4. The topological polar surface area (TPSA) is 96.2 Å². The normalized spacial score (nSPS) is 10.2. The van der Waals surface area contributed by atoms with Gasteiger partial charge in [0.05, 0.1) is 17.8 Å². The van der Waals surface area contributed by atoms with Gasteiger partial charge in [0.25, 0.3) is 5.91 Å². The van der Waals surface area contributed by atoms with Gasteiger partial charge in [-0.2, -0.15) is 0 Å². The van der Waals surface area contributed by atoms with Crippen molar-refractivity contribution in [1.29, 1.82) is 0 Å². The summed E-state index contributed by atoms with van der Waals surface area (Å²) in [5.41, 5.74) is 4.40. The molecule has 19 heavy (non-hydrogen) atoms. The minimum absolute atomic E-state index is 0.0463. The van der Waals surface area contributed by atoms with E-state index in [1.54, 1.807) is 12.1 Å². The summed E-state index contributed by atoms with van der Waals surface area (Å²) in [7, 11) is 0. The third-order valence-corrected chi connectivity index (χ3v) is 2.43. The van der Waals surface area contributed by atoms with Gasteiger partial charge in [0.15, 0.2) is 0 Å². The first kappa shape index (κ1) is 15.0. The maximum Gasteiger partial charge on any atom is 0.253 e. The Labute approximate surface area is 112 Å². The van der Waals surface area contributed by atoms with Crippen molar-refractivity contribution in [2.24, 2.45) is 5.84 Å². The van der Waals surface area contributed by atoms with Gasteiger partial charge in [-0.05, 0) is 38.5 Å². The van der Waals surface area contributed by atoms with Gasteiger partial charge in [0, 0.05) is 6.04 Å². The van der Waals surface area contributed by atoms with Crippen LogP contribution in [0.15, 0.2) is 18.2 Å². The molecular weight excluding hydrogens is 244 g/mol. The van der Waals surface area contributed by atoms with Crippen molar-refractivity contribution >= 4 is 17.5 Å². The molecule has 0 atom stereocenters. The number of carbonyl (C=O) groups is 2. The number of benzene rings is 1. The number of rotatable bonds is 5. The first-order valence-electron chi connectivity index (χ1n) is 6.09. The Morgan fingerprint density at radius 1 is 1.32 bits per heavy atom. The average Bonchev–Trinajstić information content (AvgIpc) is 2.34. The lowest BCUT2D eigenvalue weighted by Crippen LogP contribution is -2.40. The molecule has 0 bridgehead atoms. The molecular formula is C13H20N4O2. The second kappa shape index (κ2) is 6.75. The monoisotopic (exact) mass is 264 g/mol. The molecule has 0 saturated carbocycles. The summed E-state index contributed by atoms with van der Waals surface area (Å²) < 4.78 is 0. The fourth-order valence-corrected chi connectivity index (χ4v) is 1.60. The van der Waals surface area contributed by atoms with E-state index in [2.05, 4.69) is 16.1 Å². The van der Waals surface area contributed by atoms with Crippen LogP contribution in [0.1, 0.15) is 29.8 Å². The largest absolute Gasteiger partial charge is 0.352 e. The third-order valence-electron chi connectivity index (χ3n) is 2.43. The number of carbonyl (C=O) groups excluding carboxylic acids is 2. The highest BCUT2D eigenvalue weighted by molar-refractivity contribution is 6.01. The van der Waals surface area contributed by atoms with Gasteiger partial charge in [0.1, 0.15) is 0 Å². The third kappa shape index (κ3) is 4.59. The summed E-state index contributed by atoms with van der Waals surface area (Å²) in [6.45, 7) is 5.56. The Hall–Kier alpha value is -2.08. The van der Waals surface area contributed by atoms with E-state index in [9.17, 15) is 9.59 Å². The summed E-state index contributed by atoms with van der Waals surface area (Å²) in [6.07, 6.45) is 0. The van der Waals surface area contributed by atoms with Crippen molar-refractivity contribution < 1.29 is 9.59 Å². The Bertz CT molecular complexity index is 472. The molecule has 5 N–H and O–H groups in total. The number of nitrogen functional groups attached to an aromatic ring is 1. The summed E-state index contributed by atoms with van der Waals surface area (Å²) in [6, 6.07) is 5.29. The van der Waals surface area contributed by atoms with E-state index in [-0.39, 0.29) is 24.4 Å². The Morgan fingerprint density at radius 2 is 2.00 bits per heavy atom. The number of hydrogen-bond donors (Lipinski definition) is 4. The van der Waals surface area contributed by atoms with Gasteiger partial charge < -0.3 is 16.1 Å². The molecule has 0 radical (unpaired) electrons. The van der Waals surface area contributed by atoms with E-state index in [0.717, 1.165) is 5.56 Å². The number of nitrogens with one attached hydrogen (secondary N) is 3. The molecule has 1 rings (SSSR count). The second-order valence-corrected chi connectivity index (χ2v) is 4.60. The molecule has 0 fully saturated rings. The average molecular weight is 264 g/mol. The molecule has 0 saturated heterocycles. The molecule has 1 aromatic carbocycles. The fourth-order valence-electron chi connectivity index (χ4n) is 1.60. The van der Waals surface area contributed by atoms with Crippen LogP contribution in [0.5, 0.6) is 0 Å². The van der Waals surface area contributed by atoms with Crippen molar-refractivity contribution in [1.82, 2.24) is 10.6 Å². The first-order valence-corrected chi connectivity index (χ1v) is 6.09. The highest BCUT2D eigenvalue weighted by atomic mass is 16.2. The van der Waals surface area contributed by atoms with Crippen LogP contribution < -0.4 is 21.9 Å². The molecule has 1 aromatic rings. The van der Waals surface area contributed by atoms with Crippen molar-refractivity contribution in [3.63, 3.8) is 0 Å². The molecule has 0 aromatic heterocycles. The van der Waals surface area contributed by atoms with Gasteiger partial charge in [-0.25, -0.2) is 0 Å². The lowest BCUT2D eigenvalue weighted by atomic mass is 10.1. The second-order valence-electron chi connectivity index (χ2n) is 4.60. The summed E-state index contributed by atoms with van der Waals surface area (Å²) in [4.78, 5) is 23.4. The highest BCUT2D eigenvalue weighted by Gasteiger charge is 2.12. The lowest BCUT2D eigenvalue weighted by Gasteiger charge is -2.11. The number of aryl methyl sites for hydroxylation is 1. The molecule has 2 amide bonds. The molecule has 0 spiro atoms. The molecule has 104 valence electrons. The summed E-state index contributed by atoms with van der Waals surface area (Å²) in [5, 5.41) is 5.25. The van der Waals surface area contributed by atoms with Gasteiger partial charge in [-0.1, -0.05) is 6.07 Å². The SMILES string of the molecule is Cc1ccc(C(=O)NCC(=O)NC(C)C)c(NN)c1. The van der Waals surface area contributed by atoms with Crippen molar-refractivity contribution in [3.8, 4) is 0 Å². The maximum absolute atomic E-state index is 11.9. The number of hydrazine groups is 1.